The number of carbonyl (C=O) groups is 1. The topological polar surface area (TPSA) is 128 Å². The van der Waals surface area contributed by atoms with Gasteiger partial charge in [0.1, 0.15) is 0 Å². The number of nitrogens with zero attached hydrogens (tertiary/aromatic N) is 2. The summed E-state index contributed by atoms with van der Waals surface area (Å²) in [4.78, 5) is 16.3. The Hall–Kier alpha value is -2.46. The first kappa shape index (κ1) is 20.3. The van der Waals surface area contributed by atoms with Gasteiger partial charge in [0, 0.05) is 21.3 Å². The fourth-order valence-corrected chi connectivity index (χ4v) is 3.81. The Bertz CT molecular complexity index is 1140. The number of halogens is 2. The van der Waals surface area contributed by atoms with Gasteiger partial charge in [-0.2, -0.15) is 4.98 Å². The zero-order valence-electron chi connectivity index (χ0n) is 14.4. The second-order valence-electron chi connectivity index (χ2n) is 5.92. The summed E-state index contributed by atoms with van der Waals surface area (Å²) in [6.07, 6.45) is -0.137. The van der Waals surface area contributed by atoms with Crippen LogP contribution in [0.5, 0.6) is 0 Å². The molecule has 11 heteroatoms. The molecule has 0 atom stereocenters. The second-order valence-corrected chi connectivity index (χ2v) is 8.33. The highest BCUT2D eigenvalue weighted by molar-refractivity contribution is 7.89. The summed E-state index contributed by atoms with van der Waals surface area (Å²) in [5.41, 5.74) is 1.39. The summed E-state index contributed by atoms with van der Waals surface area (Å²) in [5, 5.41) is 12.3. The Labute approximate surface area is 170 Å². The van der Waals surface area contributed by atoms with E-state index < -0.39 is 10.0 Å². The number of nitrogens with one attached hydrogen (secondary N) is 1. The van der Waals surface area contributed by atoms with Gasteiger partial charge in [0.15, 0.2) is 5.82 Å². The van der Waals surface area contributed by atoms with Crippen molar-refractivity contribution in [2.24, 2.45) is 5.14 Å². The van der Waals surface area contributed by atoms with Crippen molar-refractivity contribution in [3.63, 3.8) is 0 Å². The van der Waals surface area contributed by atoms with E-state index in [9.17, 15) is 13.2 Å². The third-order valence-corrected chi connectivity index (χ3v) is 5.17. The molecule has 1 aromatic heterocycles. The third kappa shape index (κ3) is 4.87. The van der Waals surface area contributed by atoms with E-state index in [4.69, 9.17) is 32.9 Å². The predicted molar refractivity (Wildman–Crippen MR) is 105 cm³/mol. The normalized spacial score (nSPS) is 11.4. The van der Waals surface area contributed by atoms with Crippen molar-refractivity contribution < 1.29 is 17.7 Å². The van der Waals surface area contributed by atoms with Gasteiger partial charge in [0.05, 0.1) is 11.3 Å². The van der Waals surface area contributed by atoms with Crippen LogP contribution in [0.25, 0.3) is 11.5 Å². The van der Waals surface area contributed by atoms with E-state index in [-0.39, 0.29) is 28.9 Å². The van der Waals surface area contributed by atoms with Crippen LogP contribution in [-0.4, -0.2) is 24.5 Å². The SMILES string of the molecule is Cc1cc(-c2nc(CC(=O)Nc3cc(Cl)cc(Cl)c3)no2)ccc1S(N)(=O)=O. The average Bonchev–Trinajstić information content (AvgIpc) is 3.00. The number of nitrogens with two attached hydrogens (primary N) is 1. The van der Waals surface area contributed by atoms with Gasteiger partial charge < -0.3 is 9.84 Å². The lowest BCUT2D eigenvalue weighted by Gasteiger charge is -2.05. The zero-order valence-corrected chi connectivity index (χ0v) is 16.8. The first-order valence-corrected chi connectivity index (χ1v) is 10.1. The summed E-state index contributed by atoms with van der Waals surface area (Å²) in [7, 11) is -3.82. The van der Waals surface area contributed by atoms with Gasteiger partial charge in [-0.1, -0.05) is 28.4 Å². The van der Waals surface area contributed by atoms with Crippen LogP contribution in [-0.2, 0) is 21.2 Å². The molecule has 0 fully saturated rings. The number of amides is 1. The molecule has 0 saturated heterocycles. The van der Waals surface area contributed by atoms with Crippen LogP contribution in [0.15, 0.2) is 45.8 Å². The molecule has 0 radical (unpaired) electrons. The van der Waals surface area contributed by atoms with Crippen LogP contribution in [0.1, 0.15) is 11.4 Å². The van der Waals surface area contributed by atoms with Crippen LogP contribution >= 0.6 is 23.2 Å². The molecule has 8 nitrogen and oxygen atoms in total. The molecule has 146 valence electrons. The van der Waals surface area contributed by atoms with E-state index >= 15 is 0 Å². The number of benzene rings is 2. The molecule has 0 aliphatic carbocycles. The van der Waals surface area contributed by atoms with E-state index in [0.29, 0.717) is 26.9 Å². The lowest BCUT2D eigenvalue weighted by Crippen LogP contribution is -2.15. The number of primary sulfonamides is 1. The van der Waals surface area contributed by atoms with Crippen LogP contribution in [0.2, 0.25) is 10.0 Å². The average molecular weight is 441 g/mol. The number of hydrogen-bond acceptors (Lipinski definition) is 6. The maximum atomic E-state index is 12.2. The van der Waals surface area contributed by atoms with Crippen molar-refractivity contribution in [1.29, 1.82) is 0 Å². The number of rotatable bonds is 5. The Balaban J connectivity index is 1.73. The van der Waals surface area contributed by atoms with Gasteiger partial charge in [-0.15, -0.1) is 0 Å². The maximum Gasteiger partial charge on any atom is 0.257 e. The zero-order chi connectivity index (χ0) is 20.5. The third-order valence-electron chi connectivity index (χ3n) is 3.66. The molecular formula is C17H14Cl2N4O4S. The minimum Gasteiger partial charge on any atom is -0.334 e. The highest BCUT2D eigenvalue weighted by Gasteiger charge is 2.16. The lowest BCUT2D eigenvalue weighted by molar-refractivity contribution is -0.115. The van der Waals surface area contributed by atoms with Gasteiger partial charge in [-0.25, -0.2) is 13.6 Å². The van der Waals surface area contributed by atoms with Gasteiger partial charge in [-0.3, -0.25) is 4.79 Å². The van der Waals surface area contributed by atoms with E-state index in [1.54, 1.807) is 31.2 Å². The highest BCUT2D eigenvalue weighted by Crippen LogP contribution is 2.24. The van der Waals surface area contributed by atoms with Gasteiger partial charge in [0.25, 0.3) is 5.89 Å². The molecule has 1 heterocycles. The molecule has 28 heavy (non-hydrogen) atoms. The molecule has 3 N–H and O–H groups in total. The summed E-state index contributed by atoms with van der Waals surface area (Å²) >= 11 is 11.8. The fourth-order valence-electron chi connectivity index (χ4n) is 2.52. The molecule has 0 unspecified atom stereocenters. The Morgan fingerprint density at radius 3 is 2.46 bits per heavy atom. The number of anilines is 1. The van der Waals surface area contributed by atoms with Crippen molar-refractivity contribution >= 4 is 44.8 Å². The van der Waals surface area contributed by atoms with Crippen molar-refractivity contribution in [2.45, 2.75) is 18.2 Å². The molecule has 0 saturated carbocycles. The summed E-state index contributed by atoms with van der Waals surface area (Å²) in [5.74, 6) is -0.0714. The molecule has 2 aromatic carbocycles. The van der Waals surface area contributed by atoms with Gasteiger partial charge >= 0.3 is 0 Å². The van der Waals surface area contributed by atoms with Crippen LogP contribution in [0.3, 0.4) is 0 Å². The smallest absolute Gasteiger partial charge is 0.257 e. The lowest BCUT2D eigenvalue weighted by atomic mass is 10.1. The van der Waals surface area contributed by atoms with Crippen molar-refractivity contribution in [3.05, 3.63) is 57.8 Å². The largest absolute Gasteiger partial charge is 0.334 e. The standard InChI is InChI=1S/C17H14Cl2N4O4S/c1-9-4-10(2-3-14(9)28(20,25)26)17-22-15(23-27-17)8-16(24)21-13-6-11(18)5-12(19)7-13/h2-7H,8H2,1H3,(H,21,24)(H2,20,25,26). The molecule has 0 aliphatic rings. The quantitative estimate of drug-likeness (QED) is 0.626. The number of sulfonamides is 1. The minimum atomic E-state index is -3.82. The van der Waals surface area contributed by atoms with Gasteiger partial charge in [-0.05, 0) is 48.9 Å². The van der Waals surface area contributed by atoms with Gasteiger partial charge in [0.2, 0.25) is 15.9 Å². The summed E-state index contributed by atoms with van der Waals surface area (Å²) in [6.45, 7) is 1.60. The minimum absolute atomic E-state index is 0.00977. The number of aromatic nitrogens is 2. The van der Waals surface area contributed by atoms with Crippen molar-refractivity contribution in [1.82, 2.24) is 10.1 Å². The Kier molecular flexibility index (Phi) is 5.71. The fraction of sp³-hybridized carbons (Fsp3) is 0.118. The van der Waals surface area contributed by atoms with Crippen LogP contribution in [0, 0.1) is 6.92 Å². The number of carbonyl (C=O) groups excluding carboxylic acids is 1. The monoisotopic (exact) mass is 440 g/mol. The first-order valence-electron chi connectivity index (χ1n) is 7.84. The van der Waals surface area contributed by atoms with E-state index in [1.165, 1.54) is 12.1 Å². The molecule has 1 amide bonds. The molecular weight excluding hydrogens is 427 g/mol. The second kappa shape index (κ2) is 7.88. The Morgan fingerprint density at radius 1 is 1.18 bits per heavy atom. The summed E-state index contributed by atoms with van der Waals surface area (Å²) in [6, 6.07) is 9.08. The van der Waals surface area contributed by atoms with E-state index in [0.717, 1.165) is 0 Å². The van der Waals surface area contributed by atoms with Crippen molar-refractivity contribution in [3.8, 4) is 11.5 Å². The molecule has 3 rings (SSSR count). The number of aryl methyl sites for hydroxylation is 1. The first-order chi connectivity index (χ1) is 13.1. The number of hydrogen-bond donors (Lipinski definition) is 2. The summed E-state index contributed by atoms with van der Waals surface area (Å²) < 4.78 is 28.1. The van der Waals surface area contributed by atoms with Crippen LogP contribution in [0.4, 0.5) is 5.69 Å². The van der Waals surface area contributed by atoms with Crippen molar-refractivity contribution in [2.75, 3.05) is 5.32 Å². The Morgan fingerprint density at radius 2 is 1.86 bits per heavy atom. The highest BCUT2D eigenvalue weighted by atomic mass is 35.5. The molecule has 0 aliphatic heterocycles. The van der Waals surface area contributed by atoms with E-state index in [1.807, 2.05) is 0 Å². The van der Waals surface area contributed by atoms with E-state index in [2.05, 4.69) is 15.5 Å². The molecule has 3 aromatic rings. The molecule has 0 spiro atoms. The predicted octanol–water partition coefficient (Wildman–Crippen LogP) is 3.18. The molecule has 0 bridgehead atoms. The van der Waals surface area contributed by atoms with Crippen LogP contribution < -0.4 is 10.5 Å². The maximum absolute atomic E-state index is 12.2.